The predicted octanol–water partition coefficient (Wildman–Crippen LogP) is 1.82. The highest BCUT2D eigenvalue weighted by Crippen LogP contribution is 2.20. The molecule has 2 N–H and O–H groups in total. The lowest BCUT2D eigenvalue weighted by molar-refractivity contribution is 0.0948. The summed E-state index contributed by atoms with van der Waals surface area (Å²) in [5.41, 5.74) is 5.71. The van der Waals surface area contributed by atoms with Gasteiger partial charge in [-0.05, 0) is 18.2 Å². The molecule has 0 aliphatic carbocycles. The number of nitrogens with zero attached hydrogens (tertiary/aromatic N) is 3. The largest absolute Gasteiger partial charge is 0.382 e. The van der Waals surface area contributed by atoms with Crippen LogP contribution in [0.1, 0.15) is 15.9 Å². The van der Waals surface area contributed by atoms with E-state index in [0.717, 1.165) is 16.8 Å². The van der Waals surface area contributed by atoms with Gasteiger partial charge in [0.05, 0.1) is 16.8 Å². The number of rotatable bonds is 1. The van der Waals surface area contributed by atoms with Gasteiger partial charge in [-0.3, -0.25) is 4.79 Å². The third-order valence-corrected chi connectivity index (χ3v) is 2.59. The van der Waals surface area contributed by atoms with Crippen molar-refractivity contribution in [2.24, 2.45) is 0 Å². The standard InChI is InChI=1S/C11H6ClFN4O/c12-9-3-7(13)1-2-8(9)11(18)17-10(15)6(4-14)5-16-17/h1-3,5H,15H2. The zero-order chi connectivity index (χ0) is 13.3. The molecule has 1 aromatic heterocycles. The van der Waals surface area contributed by atoms with E-state index in [0.29, 0.717) is 0 Å². The number of nitriles is 1. The first-order chi connectivity index (χ1) is 8.54. The van der Waals surface area contributed by atoms with Crippen LogP contribution in [0.25, 0.3) is 0 Å². The van der Waals surface area contributed by atoms with E-state index in [1.54, 1.807) is 6.07 Å². The first-order valence-corrected chi connectivity index (χ1v) is 5.15. The number of hydrogen-bond donors (Lipinski definition) is 1. The monoisotopic (exact) mass is 264 g/mol. The Bertz CT molecular complexity index is 674. The molecule has 0 saturated carbocycles. The van der Waals surface area contributed by atoms with Crippen molar-refractivity contribution in [1.82, 2.24) is 9.78 Å². The summed E-state index contributed by atoms with van der Waals surface area (Å²) in [6.45, 7) is 0. The van der Waals surface area contributed by atoms with Crippen molar-refractivity contribution in [2.75, 3.05) is 5.73 Å². The number of halogens is 2. The molecule has 90 valence electrons. The van der Waals surface area contributed by atoms with Crippen molar-refractivity contribution < 1.29 is 9.18 Å². The maximum absolute atomic E-state index is 12.9. The summed E-state index contributed by atoms with van der Waals surface area (Å²) in [4.78, 5) is 12.0. The van der Waals surface area contributed by atoms with Crippen LogP contribution in [0.15, 0.2) is 24.4 Å². The van der Waals surface area contributed by atoms with Gasteiger partial charge >= 0.3 is 0 Å². The molecular weight excluding hydrogens is 259 g/mol. The van der Waals surface area contributed by atoms with E-state index >= 15 is 0 Å². The Morgan fingerprint density at radius 3 is 2.83 bits per heavy atom. The maximum atomic E-state index is 12.9. The molecule has 0 fully saturated rings. The quantitative estimate of drug-likeness (QED) is 0.851. The molecule has 7 heteroatoms. The van der Waals surface area contributed by atoms with Gasteiger partial charge in [-0.15, -0.1) is 0 Å². The van der Waals surface area contributed by atoms with Gasteiger partial charge in [-0.1, -0.05) is 11.6 Å². The van der Waals surface area contributed by atoms with Gasteiger partial charge in [0.25, 0.3) is 5.91 Å². The molecule has 5 nitrogen and oxygen atoms in total. The molecule has 1 heterocycles. The van der Waals surface area contributed by atoms with Gasteiger partial charge in [-0.25, -0.2) is 4.39 Å². The molecule has 0 amide bonds. The van der Waals surface area contributed by atoms with Crippen LogP contribution in [0.2, 0.25) is 5.02 Å². The maximum Gasteiger partial charge on any atom is 0.281 e. The molecule has 0 radical (unpaired) electrons. The van der Waals surface area contributed by atoms with E-state index in [1.165, 1.54) is 12.3 Å². The van der Waals surface area contributed by atoms with Gasteiger partial charge < -0.3 is 5.73 Å². The molecule has 0 saturated heterocycles. The number of benzene rings is 1. The summed E-state index contributed by atoms with van der Waals surface area (Å²) in [7, 11) is 0. The van der Waals surface area contributed by atoms with Crippen molar-refractivity contribution >= 4 is 23.3 Å². The van der Waals surface area contributed by atoms with E-state index in [1.807, 2.05) is 0 Å². The number of nitrogen functional groups attached to an aromatic ring is 1. The Balaban J connectivity index is 2.49. The van der Waals surface area contributed by atoms with Gasteiger partial charge in [0.15, 0.2) is 0 Å². The van der Waals surface area contributed by atoms with Gasteiger partial charge in [0.1, 0.15) is 23.3 Å². The minimum Gasteiger partial charge on any atom is -0.382 e. The molecule has 0 atom stereocenters. The van der Waals surface area contributed by atoms with Crippen molar-refractivity contribution in [3.63, 3.8) is 0 Å². The summed E-state index contributed by atoms with van der Waals surface area (Å²) < 4.78 is 13.7. The van der Waals surface area contributed by atoms with Crippen molar-refractivity contribution in [3.05, 3.63) is 46.4 Å². The van der Waals surface area contributed by atoms with Crippen LogP contribution in [-0.2, 0) is 0 Å². The molecule has 0 spiro atoms. The Morgan fingerprint density at radius 1 is 1.56 bits per heavy atom. The minimum absolute atomic E-state index is 0.0478. The van der Waals surface area contributed by atoms with Crippen molar-refractivity contribution in [3.8, 4) is 6.07 Å². The minimum atomic E-state index is -0.626. The van der Waals surface area contributed by atoms with Crippen LogP contribution in [0.3, 0.4) is 0 Å². The second-order valence-corrected chi connectivity index (χ2v) is 3.80. The number of hydrogen-bond acceptors (Lipinski definition) is 4. The lowest BCUT2D eigenvalue weighted by atomic mass is 10.2. The SMILES string of the molecule is N#Cc1cnn(C(=O)c2ccc(F)cc2Cl)c1N. The summed E-state index contributed by atoms with van der Waals surface area (Å²) in [6.07, 6.45) is 1.17. The lowest BCUT2D eigenvalue weighted by Gasteiger charge is -2.04. The first-order valence-electron chi connectivity index (χ1n) is 4.78. The summed E-state index contributed by atoms with van der Waals surface area (Å²) >= 11 is 5.76. The Hall–Kier alpha value is -2.39. The van der Waals surface area contributed by atoms with E-state index in [-0.39, 0.29) is 22.0 Å². The number of aromatic nitrogens is 2. The number of carbonyl (C=O) groups is 1. The summed E-state index contributed by atoms with van der Waals surface area (Å²) in [5, 5.41) is 12.4. The predicted molar refractivity (Wildman–Crippen MR) is 62.5 cm³/mol. The topological polar surface area (TPSA) is 84.7 Å². The molecule has 0 aliphatic rings. The molecular formula is C11H6ClFN4O. The fourth-order valence-corrected chi connectivity index (χ4v) is 1.63. The molecule has 1 aromatic carbocycles. The highest BCUT2D eigenvalue weighted by atomic mass is 35.5. The molecule has 2 aromatic rings. The van der Waals surface area contributed by atoms with Gasteiger partial charge in [0.2, 0.25) is 0 Å². The van der Waals surface area contributed by atoms with E-state index in [4.69, 9.17) is 22.6 Å². The molecule has 0 aliphatic heterocycles. The fourth-order valence-electron chi connectivity index (χ4n) is 1.38. The highest BCUT2D eigenvalue weighted by molar-refractivity contribution is 6.34. The number of carbonyl (C=O) groups excluding carboxylic acids is 1. The lowest BCUT2D eigenvalue weighted by Crippen LogP contribution is -2.16. The number of anilines is 1. The van der Waals surface area contributed by atoms with E-state index in [9.17, 15) is 9.18 Å². The highest BCUT2D eigenvalue weighted by Gasteiger charge is 2.18. The van der Waals surface area contributed by atoms with Crippen LogP contribution in [0.4, 0.5) is 10.2 Å². The zero-order valence-corrected chi connectivity index (χ0v) is 9.65. The third-order valence-electron chi connectivity index (χ3n) is 2.28. The smallest absolute Gasteiger partial charge is 0.281 e. The van der Waals surface area contributed by atoms with Gasteiger partial charge in [-0.2, -0.15) is 15.0 Å². The third kappa shape index (κ3) is 1.92. The normalized spacial score (nSPS) is 10.1. The molecule has 18 heavy (non-hydrogen) atoms. The second kappa shape index (κ2) is 4.47. The van der Waals surface area contributed by atoms with Crippen molar-refractivity contribution in [1.29, 1.82) is 5.26 Å². The van der Waals surface area contributed by atoms with Gasteiger partial charge in [0, 0.05) is 0 Å². The Labute approximate surface area is 106 Å². The van der Waals surface area contributed by atoms with Crippen LogP contribution < -0.4 is 5.73 Å². The fraction of sp³-hybridized carbons (Fsp3) is 0. The Kier molecular flexibility index (Phi) is 3.00. The summed E-state index contributed by atoms with van der Waals surface area (Å²) in [6, 6.07) is 5.14. The average molecular weight is 265 g/mol. The zero-order valence-electron chi connectivity index (χ0n) is 8.89. The van der Waals surface area contributed by atoms with Crippen LogP contribution in [-0.4, -0.2) is 15.7 Å². The summed E-state index contributed by atoms with van der Waals surface area (Å²) in [5.74, 6) is -1.26. The van der Waals surface area contributed by atoms with Crippen LogP contribution in [0.5, 0.6) is 0 Å². The van der Waals surface area contributed by atoms with Crippen molar-refractivity contribution in [2.45, 2.75) is 0 Å². The van der Waals surface area contributed by atoms with Crippen LogP contribution >= 0.6 is 11.6 Å². The number of nitrogens with two attached hydrogens (primary N) is 1. The first kappa shape index (κ1) is 12.1. The molecule has 2 rings (SSSR count). The second-order valence-electron chi connectivity index (χ2n) is 3.40. The average Bonchev–Trinajstić information content (AvgIpc) is 2.69. The Morgan fingerprint density at radius 2 is 2.28 bits per heavy atom. The van der Waals surface area contributed by atoms with Crippen LogP contribution in [0, 0.1) is 17.1 Å². The van der Waals surface area contributed by atoms with E-state index < -0.39 is 11.7 Å². The van der Waals surface area contributed by atoms with E-state index in [2.05, 4.69) is 5.10 Å². The molecule has 0 bridgehead atoms. The molecule has 0 unspecified atom stereocenters.